The molecule has 0 radical (unpaired) electrons. The predicted octanol–water partition coefficient (Wildman–Crippen LogP) is 1.95. The summed E-state index contributed by atoms with van der Waals surface area (Å²) >= 11 is 0. The van der Waals surface area contributed by atoms with Gasteiger partial charge >= 0.3 is 0 Å². The number of hydrogen-bond donors (Lipinski definition) is 1. The zero-order chi connectivity index (χ0) is 11.5. The molecule has 1 aromatic rings. The van der Waals surface area contributed by atoms with Gasteiger partial charge in [0.1, 0.15) is 0 Å². The second kappa shape index (κ2) is 5.05. The maximum Gasteiger partial charge on any atom is 0.213 e. The zero-order valence-corrected chi connectivity index (χ0v) is 10.2. The normalized spacial score (nSPS) is 23.4. The van der Waals surface area contributed by atoms with E-state index < -0.39 is 0 Å². The quantitative estimate of drug-likeness (QED) is 0.865. The Kier molecular flexibility index (Phi) is 3.27. The monoisotopic (exact) mass is 232 g/mol. The first kappa shape index (κ1) is 11.0. The van der Waals surface area contributed by atoms with Gasteiger partial charge in [0.15, 0.2) is 0 Å². The van der Waals surface area contributed by atoms with Gasteiger partial charge in [0.25, 0.3) is 0 Å². The summed E-state index contributed by atoms with van der Waals surface area (Å²) in [5, 5.41) is 3.41. The zero-order valence-electron chi connectivity index (χ0n) is 10.2. The van der Waals surface area contributed by atoms with E-state index in [1.54, 1.807) is 0 Å². The Bertz CT molecular complexity index is 386. The van der Waals surface area contributed by atoms with Crippen molar-refractivity contribution in [1.29, 1.82) is 0 Å². The summed E-state index contributed by atoms with van der Waals surface area (Å²) in [4.78, 5) is 4.60. The molecule has 0 saturated carbocycles. The highest BCUT2D eigenvalue weighted by Gasteiger charge is 2.15. The van der Waals surface area contributed by atoms with Crippen molar-refractivity contribution in [1.82, 2.24) is 10.3 Å². The lowest BCUT2D eigenvalue weighted by Crippen LogP contribution is -2.33. The van der Waals surface area contributed by atoms with Crippen molar-refractivity contribution in [2.24, 2.45) is 5.92 Å². The van der Waals surface area contributed by atoms with Crippen LogP contribution in [0.3, 0.4) is 0 Å². The highest BCUT2D eigenvalue weighted by atomic mass is 16.5. The summed E-state index contributed by atoms with van der Waals surface area (Å²) in [6, 6.07) is 4.21. The standard InChI is InChI=1S/C14H20N2O/c1-4-12-6-7-14(16-13(12)5-1)17-10-11-3-2-8-15-9-11/h6-7,11,15H,1-5,8-10H2. The van der Waals surface area contributed by atoms with E-state index in [2.05, 4.69) is 16.4 Å². The van der Waals surface area contributed by atoms with E-state index in [9.17, 15) is 0 Å². The molecule has 1 saturated heterocycles. The van der Waals surface area contributed by atoms with Crippen LogP contribution >= 0.6 is 0 Å². The van der Waals surface area contributed by atoms with Gasteiger partial charge in [-0.15, -0.1) is 0 Å². The summed E-state index contributed by atoms with van der Waals surface area (Å²) < 4.78 is 5.82. The Morgan fingerprint density at radius 1 is 1.29 bits per heavy atom. The number of pyridine rings is 1. The third-order valence-electron chi connectivity index (χ3n) is 3.77. The van der Waals surface area contributed by atoms with Gasteiger partial charge in [-0.3, -0.25) is 0 Å². The van der Waals surface area contributed by atoms with E-state index in [4.69, 9.17) is 4.74 Å². The Hall–Kier alpha value is -1.09. The molecule has 1 aliphatic heterocycles. The van der Waals surface area contributed by atoms with Crippen LogP contribution in [0.25, 0.3) is 0 Å². The summed E-state index contributed by atoms with van der Waals surface area (Å²) in [5.74, 6) is 1.47. The van der Waals surface area contributed by atoms with Crippen molar-refractivity contribution in [3.8, 4) is 5.88 Å². The lowest BCUT2D eigenvalue weighted by Gasteiger charge is -2.22. The lowest BCUT2D eigenvalue weighted by molar-refractivity contribution is 0.212. The maximum atomic E-state index is 5.82. The number of nitrogens with zero attached hydrogens (tertiary/aromatic N) is 1. The molecule has 17 heavy (non-hydrogen) atoms. The number of fused-ring (bicyclic) bond motifs is 1. The molecule has 1 fully saturated rings. The average Bonchev–Trinajstić information content (AvgIpc) is 2.85. The van der Waals surface area contributed by atoms with Crippen LogP contribution in [-0.2, 0) is 12.8 Å². The molecule has 0 spiro atoms. The molecule has 1 N–H and O–H groups in total. The fourth-order valence-electron chi connectivity index (χ4n) is 2.75. The first-order valence-electron chi connectivity index (χ1n) is 6.74. The van der Waals surface area contributed by atoms with Gasteiger partial charge in [-0.1, -0.05) is 6.07 Å². The summed E-state index contributed by atoms with van der Waals surface area (Å²) in [6.45, 7) is 3.05. The second-order valence-corrected chi connectivity index (χ2v) is 5.13. The molecule has 1 aliphatic carbocycles. The lowest BCUT2D eigenvalue weighted by atomic mass is 10.0. The number of nitrogens with one attached hydrogen (secondary N) is 1. The third kappa shape index (κ3) is 2.60. The van der Waals surface area contributed by atoms with E-state index in [1.165, 1.54) is 36.9 Å². The summed E-state index contributed by atoms with van der Waals surface area (Å²) in [6.07, 6.45) is 6.11. The van der Waals surface area contributed by atoms with E-state index in [0.717, 1.165) is 32.0 Å². The van der Waals surface area contributed by atoms with Gasteiger partial charge in [-0.25, -0.2) is 4.98 Å². The molecule has 92 valence electrons. The van der Waals surface area contributed by atoms with Crippen molar-refractivity contribution in [3.05, 3.63) is 23.4 Å². The van der Waals surface area contributed by atoms with Crippen LogP contribution < -0.4 is 10.1 Å². The molecule has 1 atom stereocenters. The van der Waals surface area contributed by atoms with Crippen LogP contribution in [0.2, 0.25) is 0 Å². The third-order valence-corrected chi connectivity index (χ3v) is 3.77. The minimum absolute atomic E-state index is 0.652. The number of piperidine rings is 1. The van der Waals surface area contributed by atoms with Crippen LogP contribution in [0.15, 0.2) is 12.1 Å². The molecular weight excluding hydrogens is 212 g/mol. The van der Waals surface area contributed by atoms with Gasteiger partial charge in [-0.2, -0.15) is 0 Å². The number of ether oxygens (including phenoxy) is 1. The number of aryl methyl sites for hydroxylation is 2. The van der Waals surface area contributed by atoms with Gasteiger partial charge in [0, 0.05) is 24.2 Å². The highest BCUT2D eigenvalue weighted by molar-refractivity contribution is 5.29. The molecule has 0 aromatic carbocycles. The second-order valence-electron chi connectivity index (χ2n) is 5.13. The van der Waals surface area contributed by atoms with Gasteiger partial charge in [0.05, 0.1) is 6.61 Å². The van der Waals surface area contributed by atoms with Crippen molar-refractivity contribution >= 4 is 0 Å². The minimum Gasteiger partial charge on any atom is -0.477 e. The molecule has 2 aliphatic rings. The molecule has 3 rings (SSSR count). The van der Waals surface area contributed by atoms with Crippen molar-refractivity contribution < 1.29 is 4.74 Å². The Morgan fingerprint density at radius 3 is 3.18 bits per heavy atom. The van der Waals surface area contributed by atoms with Gasteiger partial charge in [0.2, 0.25) is 5.88 Å². The highest BCUT2D eigenvalue weighted by Crippen LogP contribution is 2.23. The van der Waals surface area contributed by atoms with Crippen LogP contribution in [0.1, 0.15) is 30.5 Å². The number of rotatable bonds is 3. The summed E-state index contributed by atoms with van der Waals surface area (Å²) in [7, 11) is 0. The SMILES string of the molecule is c1cc2c(nc1OCC1CCCNC1)CCC2. The van der Waals surface area contributed by atoms with Crippen molar-refractivity contribution in [3.63, 3.8) is 0 Å². The van der Waals surface area contributed by atoms with E-state index in [-0.39, 0.29) is 0 Å². The fraction of sp³-hybridized carbons (Fsp3) is 0.643. The van der Waals surface area contributed by atoms with Gasteiger partial charge < -0.3 is 10.1 Å². The van der Waals surface area contributed by atoms with Crippen LogP contribution in [0.4, 0.5) is 0 Å². The molecule has 0 bridgehead atoms. The summed E-state index contributed by atoms with van der Waals surface area (Å²) in [5.41, 5.74) is 2.67. The Labute approximate surface area is 103 Å². The molecule has 0 amide bonds. The average molecular weight is 232 g/mol. The maximum absolute atomic E-state index is 5.82. The van der Waals surface area contributed by atoms with Crippen molar-refractivity contribution in [2.75, 3.05) is 19.7 Å². The molecule has 2 heterocycles. The van der Waals surface area contributed by atoms with E-state index in [0.29, 0.717) is 5.92 Å². The molecule has 1 aromatic heterocycles. The predicted molar refractivity (Wildman–Crippen MR) is 67.4 cm³/mol. The van der Waals surface area contributed by atoms with Gasteiger partial charge in [-0.05, 0) is 44.2 Å². The minimum atomic E-state index is 0.652. The topological polar surface area (TPSA) is 34.1 Å². The first-order chi connectivity index (χ1) is 8.42. The van der Waals surface area contributed by atoms with Crippen molar-refractivity contribution in [2.45, 2.75) is 32.1 Å². The Balaban J connectivity index is 1.57. The number of hydrogen-bond acceptors (Lipinski definition) is 3. The number of aromatic nitrogens is 1. The fourth-order valence-corrected chi connectivity index (χ4v) is 2.75. The first-order valence-corrected chi connectivity index (χ1v) is 6.74. The molecule has 3 nitrogen and oxygen atoms in total. The molecular formula is C14H20N2O. The smallest absolute Gasteiger partial charge is 0.213 e. The van der Waals surface area contributed by atoms with E-state index in [1.807, 2.05) is 6.07 Å². The molecule has 3 heteroatoms. The largest absolute Gasteiger partial charge is 0.477 e. The van der Waals surface area contributed by atoms with E-state index >= 15 is 0 Å². The molecule has 1 unspecified atom stereocenters. The van der Waals surface area contributed by atoms with Crippen LogP contribution in [0, 0.1) is 5.92 Å². The van der Waals surface area contributed by atoms with Crippen LogP contribution in [0.5, 0.6) is 5.88 Å². The van der Waals surface area contributed by atoms with Crippen LogP contribution in [-0.4, -0.2) is 24.7 Å². The Morgan fingerprint density at radius 2 is 2.29 bits per heavy atom.